The number of esters is 1. The maximum absolute atomic E-state index is 13.9. The molecule has 0 saturated carbocycles. The van der Waals surface area contributed by atoms with E-state index in [1.807, 2.05) is 0 Å². The van der Waals surface area contributed by atoms with E-state index in [0.717, 1.165) is 0 Å². The van der Waals surface area contributed by atoms with E-state index in [0.29, 0.717) is 22.0 Å². The minimum absolute atomic E-state index is 0.0435. The minimum atomic E-state index is -0.658. The molecule has 0 fully saturated rings. The van der Waals surface area contributed by atoms with Gasteiger partial charge >= 0.3 is 5.97 Å². The van der Waals surface area contributed by atoms with E-state index in [1.54, 1.807) is 43.3 Å². The highest BCUT2D eigenvalue weighted by Crippen LogP contribution is 2.25. The van der Waals surface area contributed by atoms with Gasteiger partial charge in [0.15, 0.2) is 0 Å². The fourth-order valence-electron chi connectivity index (χ4n) is 2.42. The third-order valence-corrected chi connectivity index (χ3v) is 3.53. The largest absolute Gasteiger partial charge is 0.462 e. The molecule has 1 aromatic heterocycles. The summed E-state index contributed by atoms with van der Waals surface area (Å²) in [7, 11) is 0. The average Bonchev–Trinajstić information content (AvgIpc) is 2.54. The maximum Gasteiger partial charge on any atom is 0.343 e. The normalized spacial score (nSPS) is 10.7. The van der Waals surface area contributed by atoms with Gasteiger partial charge in [-0.3, -0.25) is 4.79 Å². The lowest BCUT2D eigenvalue weighted by molar-refractivity contribution is 0.0524. The van der Waals surface area contributed by atoms with E-state index in [4.69, 9.17) is 4.74 Å². The van der Waals surface area contributed by atoms with Crippen LogP contribution in [0.5, 0.6) is 0 Å². The Balaban J connectivity index is 2.12. The van der Waals surface area contributed by atoms with Crippen LogP contribution < -0.4 is 5.56 Å². The van der Waals surface area contributed by atoms with Crippen LogP contribution in [0.15, 0.2) is 53.3 Å². The van der Waals surface area contributed by atoms with Gasteiger partial charge in [0.2, 0.25) is 0 Å². The molecule has 4 nitrogen and oxygen atoms in total. The predicted molar refractivity (Wildman–Crippen MR) is 85.9 cm³/mol. The van der Waals surface area contributed by atoms with Gasteiger partial charge in [0.1, 0.15) is 11.4 Å². The molecule has 0 radical (unpaired) electrons. The number of benzene rings is 2. The molecule has 1 heterocycles. The SMILES string of the molecule is CCOC(=O)c1cc2ccc(-c3ccccc3F)cc2[nH]c1=O. The zero-order valence-corrected chi connectivity index (χ0v) is 12.4. The Bertz CT molecular complexity index is 946. The van der Waals surface area contributed by atoms with E-state index in [-0.39, 0.29) is 18.0 Å². The fourth-order valence-corrected chi connectivity index (χ4v) is 2.42. The van der Waals surface area contributed by atoms with Gasteiger partial charge in [0, 0.05) is 11.1 Å². The van der Waals surface area contributed by atoms with Crippen molar-refractivity contribution in [2.45, 2.75) is 6.92 Å². The lowest BCUT2D eigenvalue weighted by Gasteiger charge is -2.07. The van der Waals surface area contributed by atoms with Crippen molar-refractivity contribution in [2.24, 2.45) is 0 Å². The second-order valence-electron chi connectivity index (χ2n) is 5.01. The monoisotopic (exact) mass is 311 g/mol. The Morgan fingerprint density at radius 2 is 1.96 bits per heavy atom. The second-order valence-corrected chi connectivity index (χ2v) is 5.01. The zero-order chi connectivity index (χ0) is 16.4. The summed E-state index contributed by atoms with van der Waals surface area (Å²) in [6, 6.07) is 13.1. The lowest BCUT2D eigenvalue weighted by Crippen LogP contribution is -2.19. The molecule has 0 unspecified atom stereocenters. The topological polar surface area (TPSA) is 59.2 Å². The van der Waals surface area contributed by atoms with Crippen molar-refractivity contribution < 1.29 is 13.9 Å². The third kappa shape index (κ3) is 2.85. The van der Waals surface area contributed by atoms with Gasteiger partial charge in [-0.2, -0.15) is 0 Å². The maximum atomic E-state index is 13.9. The first-order chi connectivity index (χ1) is 11.1. The molecule has 0 bridgehead atoms. The Hall–Kier alpha value is -2.95. The van der Waals surface area contributed by atoms with Gasteiger partial charge in [-0.15, -0.1) is 0 Å². The first kappa shape index (κ1) is 15.0. The van der Waals surface area contributed by atoms with Crippen molar-refractivity contribution in [3.8, 4) is 11.1 Å². The highest BCUT2D eigenvalue weighted by Gasteiger charge is 2.13. The summed E-state index contributed by atoms with van der Waals surface area (Å²) in [5, 5.41) is 0.674. The number of carbonyl (C=O) groups is 1. The molecule has 2 aromatic carbocycles. The Morgan fingerprint density at radius 3 is 2.70 bits per heavy atom. The van der Waals surface area contributed by atoms with E-state index in [2.05, 4.69) is 4.98 Å². The summed E-state index contributed by atoms with van der Waals surface area (Å²) in [6.07, 6.45) is 0. The molecule has 1 N–H and O–H groups in total. The molecular formula is C18H14FNO3. The van der Waals surface area contributed by atoms with Gasteiger partial charge in [-0.25, -0.2) is 9.18 Å². The molecule has 0 aliphatic heterocycles. The van der Waals surface area contributed by atoms with Crippen LogP contribution in [0.25, 0.3) is 22.0 Å². The number of carbonyl (C=O) groups excluding carboxylic acids is 1. The molecule has 0 spiro atoms. The Kier molecular flexibility index (Phi) is 3.93. The van der Waals surface area contributed by atoms with E-state index >= 15 is 0 Å². The summed E-state index contributed by atoms with van der Waals surface area (Å²) in [4.78, 5) is 26.4. The molecule has 0 atom stereocenters. The fraction of sp³-hybridized carbons (Fsp3) is 0.111. The van der Waals surface area contributed by atoms with Crippen LogP contribution in [-0.4, -0.2) is 17.6 Å². The van der Waals surface area contributed by atoms with Crippen LogP contribution in [0.1, 0.15) is 17.3 Å². The van der Waals surface area contributed by atoms with Crippen LogP contribution in [0.2, 0.25) is 0 Å². The van der Waals surface area contributed by atoms with Crippen LogP contribution >= 0.6 is 0 Å². The van der Waals surface area contributed by atoms with Crippen LogP contribution in [0.3, 0.4) is 0 Å². The molecule has 116 valence electrons. The van der Waals surface area contributed by atoms with Gasteiger partial charge in [0.05, 0.1) is 6.61 Å². The van der Waals surface area contributed by atoms with Crippen molar-refractivity contribution in [2.75, 3.05) is 6.61 Å². The van der Waals surface area contributed by atoms with Gasteiger partial charge in [-0.1, -0.05) is 30.3 Å². The van der Waals surface area contributed by atoms with Crippen LogP contribution in [0, 0.1) is 5.82 Å². The molecule has 0 amide bonds. The summed E-state index contributed by atoms with van der Waals surface area (Å²) < 4.78 is 18.7. The zero-order valence-electron chi connectivity index (χ0n) is 12.4. The number of aromatic nitrogens is 1. The highest BCUT2D eigenvalue weighted by atomic mass is 19.1. The van der Waals surface area contributed by atoms with Crippen molar-refractivity contribution >= 4 is 16.9 Å². The number of hydrogen-bond acceptors (Lipinski definition) is 3. The number of H-pyrrole nitrogens is 1. The smallest absolute Gasteiger partial charge is 0.343 e. The number of aromatic amines is 1. The first-order valence-electron chi connectivity index (χ1n) is 7.19. The van der Waals surface area contributed by atoms with Crippen molar-refractivity contribution in [1.82, 2.24) is 4.98 Å². The van der Waals surface area contributed by atoms with Gasteiger partial charge < -0.3 is 9.72 Å². The quantitative estimate of drug-likeness (QED) is 0.753. The van der Waals surface area contributed by atoms with E-state index < -0.39 is 11.5 Å². The van der Waals surface area contributed by atoms with Gasteiger partial charge in [0.25, 0.3) is 5.56 Å². The molecule has 5 heteroatoms. The molecule has 23 heavy (non-hydrogen) atoms. The van der Waals surface area contributed by atoms with Crippen molar-refractivity contribution in [3.05, 3.63) is 70.3 Å². The predicted octanol–water partition coefficient (Wildman–Crippen LogP) is 3.51. The first-order valence-corrected chi connectivity index (χ1v) is 7.19. The minimum Gasteiger partial charge on any atom is -0.462 e. The second kappa shape index (κ2) is 6.04. The summed E-state index contributed by atoms with van der Waals surface area (Å²) in [5.41, 5.74) is 1.06. The van der Waals surface area contributed by atoms with E-state index in [1.165, 1.54) is 12.1 Å². The molecule has 3 rings (SSSR count). The molecular weight excluding hydrogens is 297 g/mol. The van der Waals surface area contributed by atoms with Gasteiger partial charge in [-0.05, 0) is 36.1 Å². The summed E-state index contributed by atoms with van der Waals surface area (Å²) in [6.45, 7) is 1.87. The molecule has 0 aliphatic carbocycles. The van der Waals surface area contributed by atoms with Crippen molar-refractivity contribution in [3.63, 3.8) is 0 Å². The highest BCUT2D eigenvalue weighted by molar-refractivity contribution is 5.94. The third-order valence-electron chi connectivity index (χ3n) is 3.53. The molecule has 3 aromatic rings. The Morgan fingerprint density at radius 1 is 1.17 bits per heavy atom. The number of fused-ring (bicyclic) bond motifs is 1. The standard InChI is InChI=1S/C18H14FNO3/c1-2-23-18(22)14-9-12-8-7-11(10-16(12)20-17(14)21)13-5-3-4-6-15(13)19/h3-10H,2H2,1H3,(H,20,21). The van der Waals surface area contributed by atoms with Crippen LogP contribution in [0.4, 0.5) is 4.39 Å². The molecule has 0 saturated heterocycles. The summed E-state index contributed by atoms with van der Waals surface area (Å²) >= 11 is 0. The number of nitrogens with one attached hydrogen (secondary N) is 1. The number of ether oxygens (including phenoxy) is 1. The number of rotatable bonds is 3. The number of hydrogen-bond donors (Lipinski definition) is 1. The molecule has 0 aliphatic rings. The number of halogens is 1. The lowest BCUT2D eigenvalue weighted by atomic mass is 10.0. The average molecular weight is 311 g/mol. The van der Waals surface area contributed by atoms with E-state index in [9.17, 15) is 14.0 Å². The van der Waals surface area contributed by atoms with Crippen molar-refractivity contribution in [1.29, 1.82) is 0 Å². The van der Waals surface area contributed by atoms with Crippen LogP contribution in [-0.2, 0) is 4.74 Å². The number of pyridine rings is 1. The Labute approximate surface area is 131 Å². The summed E-state index contributed by atoms with van der Waals surface area (Å²) in [5.74, 6) is -0.994.